The van der Waals surface area contributed by atoms with Crippen LogP contribution >= 0.6 is 0 Å². The minimum Gasteiger partial charge on any atom is -0.355 e. The zero-order valence-electron chi connectivity index (χ0n) is 13.6. The average Bonchev–Trinajstić information content (AvgIpc) is 2.78. The van der Waals surface area contributed by atoms with Crippen LogP contribution in [0.4, 0.5) is 0 Å². The summed E-state index contributed by atoms with van der Waals surface area (Å²) in [5.74, 6) is 1.22. The molecule has 0 aromatic carbocycles. The molecule has 0 aliphatic rings. The highest BCUT2D eigenvalue weighted by molar-refractivity contribution is 4.85. The fourth-order valence-electron chi connectivity index (χ4n) is 2.77. The lowest BCUT2D eigenvalue weighted by molar-refractivity contribution is -0.679. The Bertz CT molecular complexity index is 358. The second-order valence-electron chi connectivity index (χ2n) is 5.94. The lowest BCUT2D eigenvalue weighted by atomic mass is 10.1. The van der Waals surface area contributed by atoms with Crippen LogP contribution in [0.1, 0.15) is 83.7 Å². The number of nitrogens with zero attached hydrogens (tertiary/aromatic N) is 2. The Balaban J connectivity index is 2.11. The average molecular weight is 281 g/mol. The van der Waals surface area contributed by atoms with Crippen LogP contribution in [0.15, 0.2) is 12.4 Å². The summed E-state index contributed by atoms with van der Waals surface area (Å²) in [6, 6.07) is 0. The molecule has 0 aliphatic carbocycles. The molecule has 3 nitrogen and oxygen atoms in total. The molecule has 0 saturated carbocycles. The van der Waals surface area contributed by atoms with Crippen LogP contribution in [-0.4, -0.2) is 9.67 Å². The van der Waals surface area contributed by atoms with Crippen molar-refractivity contribution in [3.8, 4) is 0 Å². The summed E-state index contributed by atoms with van der Waals surface area (Å²) in [5.41, 5.74) is 0. The van der Waals surface area contributed by atoms with Crippen LogP contribution in [0.5, 0.6) is 0 Å². The van der Waals surface area contributed by atoms with Crippen LogP contribution in [0.3, 0.4) is 0 Å². The van der Waals surface area contributed by atoms with Crippen LogP contribution in [0.25, 0.3) is 0 Å². The summed E-state index contributed by atoms with van der Waals surface area (Å²) in [5, 5.41) is 9.71. The van der Waals surface area contributed by atoms with Gasteiger partial charge in [-0.25, -0.2) is 9.13 Å². The minimum atomic E-state index is -0.426. The Morgan fingerprint density at radius 1 is 1.05 bits per heavy atom. The molecule has 0 fully saturated rings. The Labute approximate surface area is 124 Å². The second-order valence-corrected chi connectivity index (χ2v) is 5.94. The van der Waals surface area contributed by atoms with Gasteiger partial charge in [-0.3, -0.25) is 0 Å². The Kier molecular flexibility index (Phi) is 8.59. The molecule has 1 aromatic heterocycles. The van der Waals surface area contributed by atoms with Gasteiger partial charge in [0, 0.05) is 13.3 Å². The lowest BCUT2D eigenvalue weighted by Crippen LogP contribution is -2.32. The summed E-state index contributed by atoms with van der Waals surface area (Å²) in [6.45, 7) is 4.09. The Morgan fingerprint density at radius 3 is 2.15 bits per heavy atom. The molecule has 1 heterocycles. The molecular weight excluding hydrogens is 248 g/mol. The van der Waals surface area contributed by atoms with E-state index in [1.807, 2.05) is 23.9 Å². The number of aliphatic hydroxyl groups excluding tert-OH is 1. The molecule has 116 valence electrons. The predicted molar refractivity (Wildman–Crippen MR) is 83.5 cm³/mol. The third-order valence-electron chi connectivity index (χ3n) is 4.06. The first-order valence-corrected chi connectivity index (χ1v) is 8.40. The number of hydrogen-bond acceptors (Lipinski definition) is 1. The molecule has 3 heteroatoms. The Hall–Kier alpha value is -0.830. The van der Waals surface area contributed by atoms with E-state index in [9.17, 15) is 5.11 Å². The monoisotopic (exact) mass is 281 g/mol. The normalized spacial score (nSPS) is 12.8. The van der Waals surface area contributed by atoms with Gasteiger partial charge in [-0.2, -0.15) is 0 Å². The molecule has 1 unspecified atom stereocenters. The maximum atomic E-state index is 9.71. The van der Waals surface area contributed by atoms with Crippen molar-refractivity contribution in [2.75, 3.05) is 0 Å². The van der Waals surface area contributed by atoms with Crippen molar-refractivity contribution < 1.29 is 9.67 Å². The maximum absolute atomic E-state index is 9.71. The number of aromatic nitrogens is 2. The van der Waals surface area contributed by atoms with E-state index in [0.717, 1.165) is 6.42 Å². The summed E-state index contributed by atoms with van der Waals surface area (Å²) in [6.07, 6.45) is 16.8. The van der Waals surface area contributed by atoms with Gasteiger partial charge in [-0.05, 0) is 6.42 Å². The molecule has 1 rings (SSSR count). The predicted octanol–water partition coefficient (Wildman–Crippen LogP) is 3.90. The van der Waals surface area contributed by atoms with Crippen LogP contribution in [0.2, 0.25) is 0 Å². The van der Waals surface area contributed by atoms with Gasteiger partial charge < -0.3 is 5.11 Å². The van der Waals surface area contributed by atoms with E-state index in [-0.39, 0.29) is 0 Å². The molecule has 20 heavy (non-hydrogen) atoms. The van der Waals surface area contributed by atoms with E-state index in [1.165, 1.54) is 63.6 Å². The first kappa shape index (κ1) is 17.2. The number of aryl methyl sites for hydroxylation is 1. The van der Waals surface area contributed by atoms with Gasteiger partial charge in [0.25, 0.3) is 5.82 Å². The van der Waals surface area contributed by atoms with Gasteiger partial charge in [-0.15, -0.1) is 0 Å². The van der Waals surface area contributed by atoms with Crippen molar-refractivity contribution >= 4 is 0 Å². The zero-order valence-corrected chi connectivity index (χ0v) is 13.6. The van der Waals surface area contributed by atoms with E-state index in [0.29, 0.717) is 0 Å². The molecule has 0 radical (unpaired) electrons. The SMILES string of the molecule is CCCCCCCCCCCc1n(C(C)O)cc[n+]1C. The van der Waals surface area contributed by atoms with Crippen molar-refractivity contribution in [2.24, 2.45) is 7.05 Å². The minimum absolute atomic E-state index is 0.426. The van der Waals surface area contributed by atoms with Gasteiger partial charge in [0.15, 0.2) is 6.23 Å². The Morgan fingerprint density at radius 2 is 1.60 bits per heavy atom. The molecule has 1 atom stereocenters. The fourth-order valence-corrected chi connectivity index (χ4v) is 2.77. The van der Waals surface area contributed by atoms with Gasteiger partial charge in [0.05, 0.1) is 7.05 Å². The standard InChI is InChI=1S/C17H33N2O/c1-4-5-6-7-8-9-10-11-12-13-17-18(3)14-15-19(17)16(2)20/h14-16,20H,4-13H2,1-3H3/q+1. The lowest BCUT2D eigenvalue weighted by Gasteiger charge is -2.05. The van der Waals surface area contributed by atoms with Crippen LogP contribution < -0.4 is 4.57 Å². The van der Waals surface area contributed by atoms with Gasteiger partial charge in [0.1, 0.15) is 12.4 Å². The smallest absolute Gasteiger partial charge is 0.258 e. The quantitative estimate of drug-likeness (QED) is 0.484. The highest BCUT2D eigenvalue weighted by atomic mass is 16.3. The summed E-state index contributed by atoms with van der Waals surface area (Å²) in [7, 11) is 2.06. The van der Waals surface area contributed by atoms with Crippen LogP contribution in [0, 0.1) is 0 Å². The number of imidazole rings is 1. The molecule has 0 amide bonds. The van der Waals surface area contributed by atoms with Crippen molar-refractivity contribution in [1.29, 1.82) is 0 Å². The second kappa shape index (κ2) is 9.98. The van der Waals surface area contributed by atoms with Crippen LogP contribution in [-0.2, 0) is 13.5 Å². The number of unbranched alkanes of at least 4 members (excludes halogenated alkanes) is 8. The molecule has 0 spiro atoms. The molecule has 0 saturated heterocycles. The largest absolute Gasteiger partial charge is 0.355 e. The summed E-state index contributed by atoms with van der Waals surface area (Å²) >= 11 is 0. The van der Waals surface area contributed by atoms with Crippen molar-refractivity contribution in [1.82, 2.24) is 4.57 Å². The molecular formula is C17H33N2O+. The highest BCUT2D eigenvalue weighted by Gasteiger charge is 2.17. The van der Waals surface area contributed by atoms with Gasteiger partial charge in [0.2, 0.25) is 0 Å². The molecule has 1 aromatic rings. The molecule has 1 N–H and O–H groups in total. The summed E-state index contributed by atoms with van der Waals surface area (Å²) < 4.78 is 4.09. The van der Waals surface area contributed by atoms with E-state index in [2.05, 4.69) is 18.5 Å². The van der Waals surface area contributed by atoms with E-state index < -0.39 is 6.23 Å². The highest BCUT2D eigenvalue weighted by Crippen LogP contribution is 2.12. The maximum Gasteiger partial charge on any atom is 0.258 e. The van der Waals surface area contributed by atoms with Crippen molar-refractivity contribution in [3.63, 3.8) is 0 Å². The van der Waals surface area contributed by atoms with E-state index in [4.69, 9.17) is 0 Å². The zero-order chi connectivity index (χ0) is 14.8. The number of aliphatic hydroxyl groups is 1. The van der Waals surface area contributed by atoms with Gasteiger partial charge in [-0.1, -0.05) is 58.3 Å². The van der Waals surface area contributed by atoms with Crippen molar-refractivity contribution in [2.45, 2.75) is 84.3 Å². The first-order chi connectivity index (χ1) is 9.66. The third kappa shape index (κ3) is 6.08. The third-order valence-corrected chi connectivity index (χ3v) is 4.06. The summed E-state index contributed by atoms with van der Waals surface area (Å²) in [4.78, 5) is 0. The van der Waals surface area contributed by atoms with Crippen molar-refractivity contribution in [3.05, 3.63) is 18.2 Å². The molecule has 0 bridgehead atoms. The number of rotatable bonds is 11. The first-order valence-electron chi connectivity index (χ1n) is 8.40. The molecule has 0 aliphatic heterocycles. The number of hydrogen-bond donors (Lipinski definition) is 1. The van der Waals surface area contributed by atoms with E-state index in [1.54, 1.807) is 0 Å². The fraction of sp³-hybridized carbons (Fsp3) is 0.824. The van der Waals surface area contributed by atoms with E-state index >= 15 is 0 Å². The van der Waals surface area contributed by atoms with Gasteiger partial charge >= 0.3 is 0 Å². The topological polar surface area (TPSA) is 29.0 Å².